The summed E-state index contributed by atoms with van der Waals surface area (Å²) in [5.74, 6) is 0.572. The van der Waals surface area contributed by atoms with Crippen molar-refractivity contribution < 1.29 is 4.74 Å². The Bertz CT molecular complexity index is 334. The summed E-state index contributed by atoms with van der Waals surface area (Å²) in [6.45, 7) is 0. The lowest BCUT2D eigenvalue weighted by atomic mass is 9.81. The van der Waals surface area contributed by atoms with Gasteiger partial charge in [-0.05, 0) is 47.4 Å². The van der Waals surface area contributed by atoms with Crippen LogP contribution in [0.3, 0.4) is 0 Å². The fourth-order valence-corrected chi connectivity index (χ4v) is 2.64. The van der Waals surface area contributed by atoms with E-state index < -0.39 is 0 Å². The first-order valence-corrected chi connectivity index (χ1v) is 7.12. The smallest absolute Gasteiger partial charge is 0.105 e. The van der Waals surface area contributed by atoms with Gasteiger partial charge >= 0.3 is 0 Å². The SMILES string of the molecule is I/C=C\O[C@H]1CCCC[C@@H]1c1ccccc1. The lowest BCUT2D eigenvalue weighted by Crippen LogP contribution is -2.24. The standard InChI is InChI=1S/C14H17IO/c15-10-11-16-14-9-5-4-8-13(14)12-6-2-1-3-7-12/h1-3,6-7,10-11,13-14H,4-5,8-9H2/b11-10-/t13-,14+/m1/s1. The van der Waals surface area contributed by atoms with Gasteiger partial charge in [0.15, 0.2) is 0 Å². The van der Waals surface area contributed by atoms with E-state index in [0.717, 1.165) is 0 Å². The summed E-state index contributed by atoms with van der Waals surface area (Å²) in [4.78, 5) is 0. The summed E-state index contributed by atoms with van der Waals surface area (Å²) in [6.07, 6.45) is 7.25. The maximum absolute atomic E-state index is 5.81. The molecular weight excluding hydrogens is 311 g/mol. The molecule has 86 valence electrons. The molecular formula is C14H17IO. The van der Waals surface area contributed by atoms with Crippen molar-refractivity contribution in [2.45, 2.75) is 37.7 Å². The van der Waals surface area contributed by atoms with Crippen LogP contribution in [0.4, 0.5) is 0 Å². The Labute approximate surface area is 111 Å². The van der Waals surface area contributed by atoms with E-state index >= 15 is 0 Å². The van der Waals surface area contributed by atoms with Crippen molar-refractivity contribution in [3.8, 4) is 0 Å². The minimum absolute atomic E-state index is 0.363. The molecule has 1 fully saturated rings. The normalized spacial score (nSPS) is 25.8. The Balaban J connectivity index is 2.10. The molecule has 16 heavy (non-hydrogen) atoms. The van der Waals surface area contributed by atoms with Crippen LogP contribution in [0.15, 0.2) is 40.7 Å². The van der Waals surface area contributed by atoms with Crippen LogP contribution in [-0.4, -0.2) is 6.10 Å². The largest absolute Gasteiger partial charge is 0.497 e. The highest BCUT2D eigenvalue weighted by Gasteiger charge is 2.26. The summed E-state index contributed by atoms with van der Waals surface area (Å²) < 4.78 is 7.75. The fourth-order valence-electron chi connectivity index (χ4n) is 2.47. The van der Waals surface area contributed by atoms with E-state index in [0.29, 0.717) is 12.0 Å². The summed E-state index contributed by atoms with van der Waals surface area (Å²) in [7, 11) is 0. The van der Waals surface area contributed by atoms with Gasteiger partial charge in [0.2, 0.25) is 0 Å². The van der Waals surface area contributed by atoms with Crippen molar-refractivity contribution in [1.29, 1.82) is 0 Å². The van der Waals surface area contributed by atoms with Crippen molar-refractivity contribution >= 4 is 22.6 Å². The number of halogens is 1. The number of benzene rings is 1. The topological polar surface area (TPSA) is 9.23 Å². The maximum atomic E-state index is 5.81. The quantitative estimate of drug-likeness (QED) is 0.580. The van der Waals surface area contributed by atoms with Gasteiger partial charge in [-0.1, -0.05) is 36.8 Å². The number of hydrogen-bond donors (Lipinski definition) is 0. The summed E-state index contributed by atoms with van der Waals surface area (Å²) in [5, 5.41) is 0. The highest BCUT2D eigenvalue weighted by atomic mass is 127. The van der Waals surface area contributed by atoms with Crippen molar-refractivity contribution in [2.75, 3.05) is 0 Å². The zero-order valence-electron chi connectivity index (χ0n) is 9.31. The summed E-state index contributed by atoms with van der Waals surface area (Å²) in [5.41, 5.74) is 1.43. The van der Waals surface area contributed by atoms with Crippen LogP contribution in [-0.2, 0) is 4.74 Å². The lowest BCUT2D eigenvalue weighted by molar-refractivity contribution is 0.0853. The predicted molar refractivity (Wildman–Crippen MR) is 75.7 cm³/mol. The Morgan fingerprint density at radius 3 is 2.62 bits per heavy atom. The second-order valence-corrected chi connectivity index (χ2v) is 4.96. The average Bonchev–Trinajstić information content (AvgIpc) is 2.38. The van der Waals surface area contributed by atoms with E-state index in [-0.39, 0.29) is 0 Å². The molecule has 2 heteroatoms. The van der Waals surface area contributed by atoms with Gasteiger partial charge in [-0.25, -0.2) is 0 Å². The molecule has 0 amide bonds. The molecule has 1 saturated carbocycles. The highest BCUT2D eigenvalue weighted by Crippen LogP contribution is 2.35. The van der Waals surface area contributed by atoms with E-state index in [9.17, 15) is 0 Å². The lowest BCUT2D eigenvalue weighted by Gasteiger charge is -2.31. The fraction of sp³-hybridized carbons (Fsp3) is 0.429. The molecule has 1 nitrogen and oxygen atoms in total. The van der Waals surface area contributed by atoms with Gasteiger partial charge in [-0.2, -0.15) is 0 Å². The van der Waals surface area contributed by atoms with Gasteiger partial charge in [-0.3, -0.25) is 0 Å². The molecule has 2 rings (SSSR count). The van der Waals surface area contributed by atoms with Crippen LogP contribution in [0.25, 0.3) is 0 Å². The molecule has 0 unspecified atom stereocenters. The molecule has 1 aliphatic rings. The molecule has 0 aliphatic heterocycles. The molecule has 0 bridgehead atoms. The summed E-state index contributed by atoms with van der Waals surface area (Å²) in [6, 6.07) is 10.8. The molecule has 0 spiro atoms. The third-order valence-corrected chi connectivity index (χ3v) is 3.53. The van der Waals surface area contributed by atoms with E-state index in [1.807, 2.05) is 10.3 Å². The van der Waals surface area contributed by atoms with E-state index in [1.54, 1.807) is 0 Å². The van der Waals surface area contributed by atoms with Crippen molar-refractivity contribution in [3.63, 3.8) is 0 Å². The van der Waals surface area contributed by atoms with Crippen LogP contribution < -0.4 is 0 Å². The zero-order chi connectivity index (χ0) is 11.2. The highest BCUT2D eigenvalue weighted by molar-refractivity contribution is 14.1. The predicted octanol–water partition coefficient (Wildman–Crippen LogP) is 4.64. The molecule has 1 aromatic rings. The Morgan fingerprint density at radius 2 is 1.88 bits per heavy atom. The molecule has 0 aromatic heterocycles. The minimum atomic E-state index is 0.363. The summed E-state index contributed by atoms with van der Waals surface area (Å²) >= 11 is 2.20. The van der Waals surface area contributed by atoms with Gasteiger partial charge in [0.1, 0.15) is 6.10 Å². The average molecular weight is 328 g/mol. The molecule has 1 aliphatic carbocycles. The first-order chi connectivity index (χ1) is 7.92. The van der Waals surface area contributed by atoms with Crippen LogP contribution in [0, 0.1) is 0 Å². The van der Waals surface area contributed by atoms with Crippen LogP contribution in [0.5, 0.6) is 0 Å². The van der Waals surface area contributed by atoms with Crippen molar-refractivity contribution in [3.05, 3.63) is 46.2 Å². The molecule has 0 N–H and O–H groups in total. The second kappa shape index (κ2) is 6.28. The molecule has 2 atom stereocenters. The monoisotopic (exact) mass is 328 g/mol. The number of ether oxygens (including phenoxy) is 1. The second-order valence-electron chi connectivity index (χ2n) is 4.24. The Hall–Kier alpha value is -0.510. The maximum Gasteiger partial charge on any atom is 0.105 e. The van der Waals surface area contributed by atoms with Crippen LogP contribution in [0.1, 0.15) is 37.2 Å². The molecule has 1 aromatic carbocycles. The molecule has 0 radical (unpaired) electrons. The van der Waals surface area contributed by atoms with Crippen molar-refractivity contribution in [2.24, 2.45) is 0 Å². The first-order valence-electron chi connectivity index (χ1n) is 5.87. The van der Waals surface area contributed by atoms with Gasteiger partial charge < -0.3 is 4.74 Å². The van der Waals surface area contributed by atoms with Gasteiger partial charge in [0.05, 0.1) is 6.26 Å². The number of hydrogen-bond acceptors (Lipinski definition) is 1. The molecule has 0 heterocycles. The van der Waals surface area contributed by atoms with Gasteiger partial charge in [0.25, 0.3) is 0 Å². The molecule has 0 saturated heterocycles. The Kier molecular flexibility index (Phi) is 4.69. The van der Waals surface area contributed by atoms with Gasteiger partial charge in [0, 0.05) is 10.0 Å². The first kappa shape index (κ1) is 12.0. The van der Waals surface area contributed by atoms with Crippen LogP contribution in [0.2, 0.25) is 0 Å². The van der Waals surface area contributed by atoms with Gasteiger partial charge in [-0.15, -0.1) is 0 Å². The minimum Gasteiger partial charge on any atom is -0.497 e. The third kappa shape index (κ3) is 3.00. The van der Waals surface area contributed by atoms with E-state index in [2.05, 4.69) is 52.9 Å². The zero-order valence-corrected chi connectivity index (χ0v) is 11.5. The van der Waals surface area contributed by atoms with Crippen molar-refractivity contribution in [1.82, 2.24) is 0 Å². The van der Waals surface area contributed by atoms with E-state index in [4.69, 9.17) is 4.74 Å². The van der Waals surface area contributed by atoms with E-state index in [1.165, 1.54) is 31.2 Å². The number of rotatable bonds is 3. The third-order valence-electron chi connectivity index (χ3n) is 3.24. The van der Waals surface area contributed by atoms with Crippen LogP contribution >= 0.6 is 22.6 Å². The Morgan fingerprint density at radius 1 is 1.12 bits per heavy atom.